The van der Waals surface area contributed by atoms with Gasteiger partial charge in [0.15, 0.2) is 0 Å². The van der Waals surface area contributed by atoms with Crippen molar-refractivity contribution in [3.05, 3.63) is 36.4 Å². The van der Waals surface area contributed by atoms with Crippen molar-refractivity contribution in [1.29, 1.82) is 0 Å². The largest absolute Gasteiger partial charge is 0.446 e. The molecule has 0 spiro atoms. The van der Waals surface area contributed by atoms with Crippen molar-refractivity contribution in [2.75, 3.05) is 19.0 Å². The minimum atomic E-state index is -0.430. The zero-order valence-electron chi connectivity index (χ0n) is 9.94. The average molecular weight is 213 g/mol. The van der Waals surface area contributed by atoms with Crippen molar-refractivity contribution in [2.24, 2.45) is 0 Å². The summed E-state index contributed by atoms with van der Waals surface area (Å²) in [6.45, 7) is 1.37. The van der Waals surface area contributed by atoms with Gasteiger partial charge in [-0.2, -0.15) is 0 Å². The second-order valence-electron chi connectivity index (χ2n) is 4.29. The van der Waals surface area contributed by atoms with Crippen LogP contribution in [0, 0.1) is 0 Å². The van der Waals surface area contributed by atoms with E-state index in [1.54, 1.807) is 6.82 Å². The van der Waals surface area contributed by atoms with Crippen LogP contribution >= 0.6 is 0 Å². The first-order valence-electron chi connectivity index (χ1n) is 5.48. The Balaban J connectivity index is 2.76. The number of nitrogens with zero attached hydrogens (tertiary/aromatic N) is 1. The topological polar surface area (TPSA) is 23.5 Å². The lowest BCUT2D eigenvalue weighted by Gasteiger charge is -2.17. The zero-order valence-corrected chi connectivity index (χ0v) is 9.94. The molecule has 0 radical (unpaired) electrons. The second kappa shape index (κ2) is 4.18. The van der Waals surface area contributed by atoms with Crippen molar-refractivity contribution in [1.82, 2.24) is 0 Å². The third-order valence-corrected chi connectivity index (χ3v) is 2.86. The lowest BCUT2D eigenvalue weighted by atomic mass is 9.63. The summed E-state index contributed by atoms with van der Waals surface area (Å²) in [7, 11) is 4.06. The van der Waals surface area contributed by atoms with Crippen LogP contribution < -0.4 is 10.4 Å². The van der Waals surface area contributed by atoms with E-state index in [2.05, 4.69) is 23.1 Å². The predicted molar refractivity (Wildman–Crippen MR) is 71.7 cm³/mol. The maximum atomic E-state index is 9.74. The molecule has 0 heterocycles. The average Bonchev–Trinajstić information content (AvgIpc) is 2.27. The Bertz CT molecular complexity index is 461. The SMILES string of the molecule is CB(O)c1cccc2c(N(C)C)cccc12. The Morgan fingerprint density at radius 1 is 1.00 bits per heavy atom. The Morgan fingerprint density at radius 3 is 2.25 bits per heavy atom. The molecule has 2 nitrogen and oxygen atoms in total. The number of fused-ring (bicyclic) bond motifs is 1. The predicted octanol–water partition coefficient (Wildman–Crippen LogP) is 1.73. The molecule has 0 aliphatic rings. The van der Waals surface area contributed by atoms with E-state index in [0.717, 1.165) is 10.8 Å². The van der Waals surface area contributed by atoms with Crippen LogP contribution in [-0.2, 0) is 0 Å². The summed E-state index contributed by atoms with van der Waals surface area (Å²) in [6, 6.07) is 12.3. The van der Waals surface area contributed by atoms with Crippen LogP contribution in [-0.4, -0.2) is 26.0 Å². The number of benzene rings is 2. The van der Waals surface area contributed by atoms with E-state index in [4.69, 9.17) is 0 Å². The minimum absolute atomic E-state index is 0.430. The highest BCUT2D eigenvalue weighted by Crippen LogP contribution is 2.24. The van der Waals surface area contributed by atoms with Crippen molar-refractivity contribution in [3.63, 3.8) is 0 Å². The molecule has 0 aromatic heterocycles. The fourth-order valence-electron chi connectivity index (χ4n) is 2.07. The molecule has 0 saturated heterocycles. The van der Waals surface area contributed by atoms with E-state index in [9.17, 15) is 5.02 Å². The van der Waals surface area contributed by atoms with Crippen LogP contribution in [0.5, 0.6) is 0 Å². The van der Waals surface area contributed by atoms with Crippen molar-refractivity contribution in [3.8, 4) is 0 Å². The van der Waals surface area contributed by atoms with E-state index in [1.807, 2.05) is 32.3 Å². The van der Waals surface area contributed by atoms with Crippen molar-refractivity contribution in [2.45, 2.75) is 6.82 Å². The smallest absolute Gasteiger partial charge is 0.321 e. The molecule has 0 atom stereocenters. The van der Waals surface area contributed by atoms with E-state index in [-0.39, 0.29) is 0 Å². The number of hydrogen-bond donors (Lipinski definition) is 1. The highest BCUT2D eigenvalue weighted by Gasteiger charge is 2.12. The summed E-state index contributed by atoms with van der Waals surface area (Å²) < 4.78 is 0. The van der Waals surface area contributed by atoms with Crippen LogP contribution in [0.1, 0.15) is 0 Å². The van der Waals surface area contributed by atoms with Gasteiger partial charge in [-0.15, -0.1) is 0 Å². The molecule has 16 heavy (non-hydrogen) atoms. The molecule has 0 fully saturated rings. The van der Waals surface area contributed by atoms with Crippen molar-refractivity contribution < 1.29 is 5.02 Å². The van der Waals surface area contributed by atoms with Gasteiger partial charge in [0.25, 0.3) is 0 Å². The van der Waals surface area contributed by atoms with Crippen molar-refractivity contribution >= 4 is 28.8 Å². The van der Waals surface area contributed by atoms with E-state index in [0.29, 0.717) is 0 Å². The van der Waals surface area contributed by atoms with Crippen LogP contribution in [0.2, 0.25) is 6.82 Å². The van der Waals surface area contributed by atoms with Crippen LogP contribution in [0.25, 0.3) is 10.8 Å². The first-order chi connectivity index (χ1) is 7.61. The van der Waals surface area contributed by atoms with Crippen LogP contribution in [0.4, 0.5) is 5.69 Å². The van der Waals surface area contributed by atoms with Gasteiger partial charge in [0.05, 0.1) is 0 Å². The summed E-state index contributed by atoms with van der Waals surface area (Å²) >= 11 is 0. The molecular formula is C13H16BNO. The van der Waals surface area contributed by atoms with Gasteiger partial charge in [-0.25, -0.2) is 0 Å². The maximum Gasteiger partial charge on any atom is 0.321 e. The maximum absolute atomic E-state index is 9.74. The van der Waals surface area contributed by atoms with E-state index in [1.165, 1.54) is 11.1 Å². The first-order valence-corrected chi connectivity index (χ1v) is 5.48. The molecule has 2 rings (SSSR count). The first kappa shape index (κ1) is 11.0. The molecule has 1 N–H and O–H groups in total. The second-order valence-corrected chi connectivity index (χ2v) is 4.29. The van der Waals surface area contributed by atoms with Gasteiger partial charge in [-0.1, -0.05) is 37.2 Å². The molecule has 3 heteroatoms. The number of rotatable bonds is 2. The number of hydrogen-bond acceptors (Lipinski definition) is 2. The van der Waals surface area contributed by atoms with Crippen LogP contribution in [0.3, 0.4) is 0 Å². The van der Waals surface area contributed by atoms with Gasteiger partial charge in [0.1, 0.15) is 0 Å². The molecule has 0 unspecified atom stereocenters. The molecule has 0 amide bonds. The summed E-state index contributed by atoms with van der Waals surface area (Å²) in [5.74, 6) is 0. The third-order valence-electron chi connectivity index (χ3n) is 2.86. The molecule has 0 saturated carbocycles. The quantitative estimate of drug-likeness (QED) is 0.768. The van der Waals surface area contributed by atoms with Gasteiger partial charge in [0.2, 0.25) is 0 Å². The normalized spacial score (nSPS) is 10.5. The molecule has 2 aromatic rings. The van der Waals surface area contributed by atoms with Gasteiger partial charge >= 0.3 is 6.92 Å². The van der Waals surface area contributed by atoms with Crippen LogP contribution in [0.15, 0.2) is 36.4 Å². The van der Waals surface area contributed by atoms with E-state index >= 15 is 0 Å². The van der Waals surface area contributed by atoms with Gasteiger partial charge in [-0.05, 0) is 16.9 Å². The fraction of sp³-hybridized carbons (Fsp3) is 0.231. The standard InChI is InChI=1S/C13H16BNO/c1-14(16)12-8-4-7-11-10(12)6-5-9-13(11)15(2)3/h4-9,16H,1-3H3. The Morgan fingerprint density at radius 2 is 1.62 bits per heavy atom. The molecule has 0 aliphatic carbocycles. The summed E-state index contributed by atoms with van der Waals surface area (Å²) in [5.41, 5.74) is 2.17. The molecule has 0 aliphatic heterocycles. The molecular weight excluding hydrogens is 197 g/mol. The Labute approximate surface area is 96.6 Å². The van der Waals surface area contributed by atoms with E-state index < -0.39 is 6.92 Å². The highest BCUT2D eigenvalue weighted by atomic mass is 16.2. The molecule has 0 bridgehead atoms. The summed E-state index contributed by atoms with van der Waals surface area (Å²) in [5, 5.41) is 12.1. The lowest BCUT2D eigenvalue weighted by molar-refractivity contribution is 0.594. The fourth-order valence-corrected chi connectivity index (χ4v) is 2.07. The highest BCUT2D eigenvalue weighted by molar-refractivity contribution is 6.67. The van der Waals surface area contributed by atoms with Gasteiger partial charge < -0.3 is 9.92 Å². The summed E-state index contributed by atoms with van der Waals surface area (Å²) in [6.07, 6.45) is 0. The molecule has 2 aromatic carbocycles. The lowest BCUT2D eigenvalue weighted by Crippen LogP contribution is -2.27. The number of anilines is 1. The zero-order chi connectivity index (χ0) is 11.7. The third kappa shape index (κ3) is 1.79. The Hall–Kier alpha value is -1.48. The van der Waals surface area contributed by atoms with Gasteiger partial charge in [-0.3, -0.25) is 0 Å². The van der Waals surface area contributed by atoms with Gasteiger partial charge in [0, 0.05) is 25.2 Å². The Kier molecular flexibility index (Phi) is 2.88. The molecule has 82 valence electrons. The monoisotopic (exact) mass is 213 g/mol. The summed E-state index contributed by atoms with van der Waals surface area (Å²) in [4.78, 5) is 2.09. The minimum Gasteiger partial charge on any atom is -0.446 e.